The Labute approximate surface area is 90.0 Å². The Morgan fingerprint density at radius 2 is 1.67 bits per heavy atom. The Morgan fingerprint density at radius 1 is 1.13 bits per heavy atom. The number of terminal acetylenes is 3. The lowest BCUT2D eigenvalue weighted by atomic mass is 10.7. The van der Waals surface area contributed by atoms with E-state index >= 15 is 0 Å². The molecule has 0 rings (SSSR count). The Balaban J connectivity index is 4.39. The molecule has 0 saturated carbocycles. The van der Waals surface area contributed by atoms with Crippen LogP contribution in [0.15, 0.2) is 0 Å². The molecule has 0 spiro atoms. The second kappa shape index (κ2) is 6.78. The minimum atomic E-state index is -2.83. The van der Waals surface area contributed by atoms with E-state index < -0.39 is 13.1 Å². The molecule has 0 fully saturated rings. The predicted octanol–water partition coefficient (Wildman–Crippen LogP) is 0.792. The second-order valence-corrected chi connectivity index (χ2v) is 5.87. The third kappa shape index (κ3) is 5.64. The molecule has 0 N–H and O–H groups in total. The summed E-state index contributed by atoms with van der Waals surface area (Å²) in [5.74, 6) is 6.01. The van der Waals surface area contributed by atoms with Gasteiger partial charge in [-0.15, -0.1) is 19.3 Å². The molecule has 0 aromatic heterocycles. The van der Waals surface area contributed by atoms with Crippen molar-refractivity contribution in [2.75, 3.05) is 25.1 Å². The number of ether oxygens (including phenoxy) is 1. The predicted molar refractivity (Wildman–Crippen MR) is 59.7 cm³/mol. The van der Waals surface area contributed by atoms with Gasteiger partial charge in [-0.05, 0) is 0 Å². The lowest BCUT2D eigenvalue weighted by molar-refractivity contribution is -0.139. The summed E-state index contributed by atoms with van der Waals surface area (Å²) < 4.78 is 16.5. The molecule has 0 aromatic rings. The number of hydrogen-bond donors (Lipinski definition) is 0. The topological polar surface area (TPSA) is 43.4 Å². The van der Waals surface area contributed by atoms with Crippen LogP contribution in [0.2, 0.25) is 0 Å². The molecule has 0 bridgehead atoms. The summed E-state index contributed by atoms with van der Waals surface area (Å²) in [6.45, 7) is -0.134. The summed E-state index contributed by atoms with van der Waals surface area (Å²) in [4.78, 5) is 11.1. The smallest absolute Gasteiger partial charge is 0.314 e. The van der Waals surface area contributed by atoms with Crippen molar-refractivity contribution in [3.8, 4) is 37.0 Å². The zero-order valence-electron chi connectivity index (χ0n) is 8.23. The standard InChI is InChI=1S/C11H11O3P/c1-4-7-14-11(12)10-15(13,8-5-2)9-6-3/h1-3H,7-10H2. The molecule has 4 heteroatoms. The van der Waals surface area contributed by atoms with Crippen LogP contribution in [0.25, 0.3) is 0 Å². The molecule has 0 aliphatic rings. The van der Waals surface area contributed by atoms with E-state index in [0.29, 0.717) is 0 Å². The molecular formula is C11H11O3P. The third-order valence-electron chi connectivity index (χ3n) is 1.49. The zero-order valence-corrected chi connectivity index (χ0v) is 9.13. The van der Waals surface area contributed by atoms with Gasteiger partial charge in [0.15, 0.2) is 6.61 Å². The number of hydrogen-bond acceptors (Lipinski definition) is 3. The van der Waals surface area contributed by atoms with Crippen molar-refractivity contribution in [1.82, 2.24) is 0 Å². The maximum atomic E-state index is 11.9. The molecule has 0 aromatic carbocycles. The molecule has 0 atom stereocenters. The number of esters is 1. The summed E-state index contributed by atoms with van der Waals surface area (Å²) in [5.41, 5.74) is 0. The van der Waals surface area contributed by atoms with Crippen molar-refractivity contribution < 1.29 is 14.1 Å². The molecule has 0 radical (unpaired) electrons. The van der Waals surface area contributed by atoms with E-state index in [2.05, 4.69) is 22.5 Å². The molecule has 15 heavy (non-hydrogen) atoms. The fraction of sp³-hybridized carbons (Fsp3) is 0.364. The SMILES string of the molecule is C#CCOC(=O)CP(=O)(CC#C)CC#C. The molecule has 0 heterocycles. The second-order valence-electron chi connectivity index (χ2n) is 2.81. The van der Waals surface area contributed by atoms with Crippen molar-refractivity contribution in [2.24, 2.45) is 0 Å². The van der Waals surface area contributed by atoms with Crippen LogP contribution in [0, 0.1) is 37.0 Å². The molecule has 0 aliphatic carbocycles. The first kappa shape index (κ1) is 13.4. The normalized spacial score (nSPS) is 9.40. The summed E-state index contributed by atoms with van der Waals surface area (Å²) >= 11 is 0. The third-order valence-corrected chi connectivity index (χ3v) is 3.84. The van der Waals surface area contributed by atoms with Crippen molar-refractivity contribution >= 4 is 13.1 Å². The Kier molecular flexibility index (Phi) is 6.05. The highest BCUT2D eigenvalue weighted by molar-refractivity contribution is 7.65. The van der Waals surface area contributed by atoms with Crippen LogP contribution in [0.3, 0.4) is 0 Å². The van der Waals surface area contributed by atoms with Gasteiger partial charge in [-0.1, -0.05) is 17.8 Å². The molecular weight excluding hydrogens is 211 g/mol. The van der Waals surface area contributed by atoms with Gasteiger partial charge < -0.3 is 9.30 Å². The lowest BCUT2D eigenvalue weighted by Gasteiger charge is -2.11. The minimum absolute atomic E-state index is 0.00233. The fourth-order valence-electron chi connectivity index (χ4n) is 0.904. The lowest BCUT2D eigenvalue weighted by Crippen LogP contribution is -2.13. The van der Waals surface area contributed by atoms with Gasteiger partial charge in [0.25, 0.3) is 0 Å². The first-order valence-corrected chi connectivity index (χ1v) is 6.37. The highest BCUT2D eigenvalue weighted by Gasteiger charge is 2.24. The molecule has 3 nitrogen and oxygen atoms in total. The maximum absolute atomic E-state index is 11.9. The van der Waals surface area contributed by atoms with E-state index in [9.17, 15) is 9.36 Å². The molecule has 0 saturated heterocycles. The monoisotopic (exact) mass is 222 g/mol. The van der Waals surface area contributed by atoms with E-state index in [-0.39, 0.29) is 25.1 Å². The van der Waals surface area contributed by atoms with Crippen molar-refractivity contribution in [3.05, 3.63) is 0 Å². The molecule has 78 valence electrons. The number of rotatable bonds is 5. The Morgan fingerprint density at radius 3 is 2.07 bits per heavy atom. The first-order chi connectivity index (χ1) is 7.08. The van der Waals surface area contributed by atoms with Crippen LogP contribution in [0.4, 0.5) is 0 Å². The summed E-state index contributed by atoms with van der Waals surface area (Å²) in [7, 11) is -2.83. The van der Waals surface area contributed by atoms with Crippen molar-refractivity contribution in [1.29, 1.82) is 0 Å². The van der Waals surface area contributed by atoms with Crippen LogP contribution in [0.1, 0.15) is 0 Å². The summed E-state index contributed by atoms with van der Waals surface area (Å²) in [6.07, 6.45) is 14.7. The highest BCUT2D eigenvalue weighted by Crippen LogP contribution is 2.44. The minimum Gasteiger partial charge on any atom is -0.452 e. The average molecular weight is 222 g/mol. The largest absolute Gasteiger partial charge is 0.452 e. The van der Waals surface area contributed by atoms with E-state index in [1.807, 2.05) is 0 Å². The maximum Gasteiger partial charge on any atom is 0.314 e. The average Bonchev–Trinajstić information content (AvgIpc) is 2.15. The van der Waals surface area contributed by atoms with Gasteiger partial charge >= 0.3 is 5.97 Å². The van der Waals surface area contributed by atoms with Crippen molar-refractivity contribution in [2.45, 2.75) is 0 Å². The van der Waals surface area contributed by atoms with Crippen LogP contribution in [-0.2, 0) is 14.1 Å². The van der Waals surface area contributed by atoms with Crippen LogP contribution < -0.4 is 0 Å². The van der Waals surface area contributed by atoms with Gasteiger partial charge in [0.05, 0.1) is 12.3 Å². The van der Waals surface area contributed by atoms with Crippen LogP contribution in [-0.4, -0.2) is 31.1 Å². The number of carbonyl (C=O) groups is 1. The van der Waals surface area contributed by atoms with Crippen molar-refractivity contribution in [3.63, 3.8) is 0 Å². The summed E-state index contributed by atoms with van der Waals surface area (Å²) in [6, 6.07) is 0. The quantitative estimate of drug-likeness (QED) is 0.392. The molecule has 0 unspecified atom stereocenters. The van der Waals surface area contributed by atoms with Gasteiger partial charge in [-0.3, -0.25) is 4.79 Å². The zero-order chi connectivity index (χ0) is 11.7. The van der Waals surface area contributed by atoms with Crippen LogP contribution in [0.5, 0.6) is 0 Å². The van der Waals surface area contributed by atoms with Gasteiger partial charge in [0, 0.05) is 0 Å². The van der Waals surface area contributed by atoms with Gasteiger partial charge in [0.2, 0.25) is 0 Å². The molecule has 0 amide bonds. The first-order valence-electron chi connectivity index (χ1n) is 4.11. The number of carbonyl (C=O) groups excluding carboxylic acids is 1. The molecule has 0 aliphatic heterocycles. The van der Waals surface area contributed by atoms with E-state index in [1.54, 1.807) is 0 Å². The Hall–Kier alpha value is -1.62. The Bertz CT molecular complexity index is 370. The van der Waals surface area contributed by atoms with E-state index in [1.165, 1.54) is 0 Å². The highest BCUT2D eigenvalue weighted by atomic mass is 31.2. The van der Waals surface area contributed by atoms with E-state index in [4.69, 9.17) is 19.3 Å². The van der Waals surface area contributed by atoms with Gasteiger partial charge in [-0.25, -0.2) is 0 Å². The summed E-state index contributed by atoms with van der Waals surface area (Å²) in [5, 5.41) is 0. The van der Waals surface area contributed by atoms with Gasteiger partial charge in [-0.2, -0.15) is 0 Å². The van der Waals surface area contributed by atoms with Gasteiger partial charge in [0.1, 0.15) is 13.3 Å². The fourth-order valence-corrected chi connectivity index (χ4v) is 2.47. The van der Waals surface area contributed by atoms with Crippen LogP contribution >= 0.6 is 7.14 Å². The van der Waals surface area contributed by atoms with E-state index in [0.717, 1.165) is 0 Å².